The average molecular weight is 489 g/mol. The van der Waals surface area contributed by atoms with Gasteiger partial charge in [0.05, 0.1) is 24.0 Å². The van der Waals surface area contributed by atoms with Gasteiger partial charge < -0.3 is 10.2 Å². The van der Waals surface area contributed by atoms with E-state index in [-0.39, 0.29) is 24.0 Å². The summed E-state index contributed by atoms with van der Waals surface area (Å²) in [5.41, 5.74) is -0.464. The SMILES string of the molecule is CCc1cc(NC(=O)NS(=O)(=O)N(C[C@@H]2CCCN2C)c2cnn(C)c2)cc(C(F)(F)F)c1. The van der Waals surface area contributed by atoms with Crippen LogP contribution < -0.4 is 14.3 Å². The van der Waals surface area contributed by atoms with Crippen LogP contribution in [-0.2, 0) is 29.9 Å². The van der Waals surface area contributed by atoms with Crippen LogP contribution in [0.5, 0.6) is 0 Å². The molecule has 0 unspecified atom stereocenters. The minimum absolute atomic E-state index is 0.0552. The molecule has 3 rings (SSSR count). The second-order valence-electron chi connectivity index (χ2n) is 8.01. The maximum Gasteiger partial charge on any atom is 0.416 e. The van der Waals surface area contributed by atoms with Crippen LogP contribution in [0, 0.1) is 0 Å². The lowest BCUT2D eigenvalue weighted by Crippen LogP contribution is -2.49. The lowest BCUT2D eigenvalue weighted by Gasteiger charge is -2.28. The summed E-state index contributed by atoms with van der Waals surface area (Å²) in [4.78, 5) is 14.5. The highest BCUT2D eigenvalue weighted by Crippen LogP contribution is 2.32. The molecule has 0 bridgehead atoms. The Kier molecular flexibility index (Phi) is 7.22. The molecule has 1 saturated heterocycles. The number of carbonyl (C=O) groups is 1. The molecule has 2 N–H and O–H groups in total. The van der Waals surface area contributed by atoms with E-state index in [0.29, 0.717) is 12.0 Å². The molecule has 1 atom stereocenters. The van der Waals surface area contributed by atoms with Gasteiger partial charge in [-0.25, -0.2) is 13.8 Å². The quantitative estimate of drug-likeness (QED) is 0.624. The first kappa shape index (κ1) is 24.8. The number of nitrogens with one attached hydrogen (secondary N) is 2. The maximum atomic E-state index is 13.2. The Morgan fingerprint density at radius 3 is 2.55 bits per heavy atom. The van der Waals surface area contributed by atoms with E-state index in [4.69, 9.17) is 0 Å². The summed E-state index contributed by atoms with van der Waals surface area (Å²) in [5, 5.41) is 6.22. The van der Waals surface area contributed by atoms with Gasteiger partial charge in [0.2, 0.25) is 0 Å². The average Bonchev–Trinajstić information content (AvgIpc) is 3.32. The zero-order chi connectivity index (χ0) is 24.4. The molecule has 2 amide bonds. The van der Waals surface area contributed by atoms with Crippen molar-refractivity contribution in [3.8, 4) is 0 Å². The fraction of sp³-hybridized carbons (Fsp3) is 0.500. The molecule has 9 nitrogen and oxygen atoms in total. The predicted octanol–water partition coefficient (Wildman–Crippen LogP) is 2.97. The maximum absolute atomic E-state index is 13.2. The standard InChI is InChI=1S/C20H27F3N6O3S/c1-4-14-8-15(20(21,22)23)10-16(9-14)25-19(30)26-33(31,32)29(18-11-24-28(3)12-18)13-17-6-5-7-27(17)2/h8-12,17H,4-7,13H2,1-3H3,(H2,25,26,30)/t17-/m0/s1. The number of alkyl halides is 3. The molecule has 33 heavy (non-hydrogen) atoms. The van der Waals surface area contributed by atoms with Gasteiger partial charge in [-0.05, 0) is 56.6 Å². The number of anilines is 2. The van der Waals surface area contributed by atoms with Crippen LogP contribution in [0.25, 0.3) is 0 Å². The molecule has 1 fully saturated rings. The number of aromatic nitrogens is 2. The molecule has 0 aliphatic carbocycles. The van der Waals surface area contributed by atoms with Crippen LogP contribution in [0.3, 0.4) is 0 Å². The van der Waals surface area contributed by atoms with Crippen LogP contribution in [0.15, 0.2) is 30.6 Å². The number of likely N-dealkylation sites (N-methyl/N-ethyl adjacent to an activating group) is 1. The van der Waals surface area contributed by atoms with Crippen LogP contribution in [-0.4, -0.2) is 55.3 Å². The monoisotopic (exact) mass is 488 g/mol. The van der Waals surface area contributed by atoms with Crippen molar-refractivity contribution < 1.29 is 26.4 Å². The van der Waals surface area contributed by atoms with Gasteiger partial charge in [0, 0.05) is 25.0 Å². The second kappa shape index (κ2) is 9.59. The minimum atomic E-state index is -4.60. The molecular weight excluding hydrogens is 461 g/mol. The smallest absolute Gasteiger partial charge is 0.307 e. The number of aryl methyl sites for hydroxylation is 2. The fourth-order valence-electron chi connectivity index (χ4n) is 3.74. The number of likely N-dealkylation sites (tertiary alicyclic amines) is 1. The van der Waals surface area contributed by atoms with E-state index in [1.54, 1.807) is 14.0 Å². The summed E-state index contributed by atoms with van der Waals surface area (Å²) in [5.74, 6) is 0. The Morgan fingerprint density at radius 1 is 1.27 bits per heavy atom. The summed E-state index contributed by atoms with van der Waals surface area (Å²) in [6.07, 6.45) is 0.292. The molecule has 0 saturated carbocycles. The van der Waals surface area contributed by atoms with E-state index < -0.39 is 28.0 Å². The molecular formula is C20H27F3N6O3S. The summed E-state index contributed by atoms with van der Waals surface area (Å²) in [6, 6.07) is 1.90. The van der Waals surface area contributed by atoms with E-state index >= 15 is 0 Å². The number of halogens is 3. The van der Waals surface area contributed by atoms with Gasteiger partial charge >= 0.3 is 22.4 Å². The summed E-state index contributed by atoms with van der Waals surface area (Å²) in [6.45, 7) is 2.60. The number of amides is 2. The van der Waals surface area contributed by atoms with E-state index in [9.17, 15) is 26.4 Å². The first-order valence-electron chi connectivity index (χ1n) is 10.4. The van der Waals surface area contributed by atoms with Crippen LogP contribution in [0.2, 0.25) is 0 Å². The Morgan fingerprint density at radius 2 is 2.00 bits per heavy atom. The van der Waals surface area contributed by atoms with E-state index in [0.717, 1.165) is 35.8 Å². The van der Waals surface area contributed by atoms with Crippen molar-refractivity contribution in [2.45, 2.75) is 38.4 Å². The van der Waals surface area contributed by atoms with Gasteiger partial charge in [0.25, 0.3) is 0 Å². The van der Waals surface area contributed by atoms with Crippen LogP contribution in [0.1, 0.15) is 30.9 Å². The highest BCUT2D eigenvalue weighted by molar-refractivity contribution is 7.91. The molecule has 1 aliphatic rings. The summed E-state index contributed by atoms with van der Waals surface area (Å²) < 4.78 is 70.1. The molecule has 2 aromatic rings. The summed E-state index contributed by atoms with van der Waals surface area (Å²) >= 11 is 0. The van der Waals surface area contributed by atoms with Crippen molar-refractivity contribution in [1.29, 1.82) is 0 Å². The molecule has 13 heteroatoms. The number of rotatable bonds is 7. The van der Waals surface area contributed by atoms with Gasteiger partial charge in [-0.3, -0.25) is 4.68 Å². The Hall–Kier alpha value is -2.80. The zero-order valence-electron chi connectivity index (χ0n) is 18.6. The summed E-state index contributed by atoms with van der Waals surface area (Å²) in [7, 11) is -0.850. The Bertz CT molecular complexity index is 1100. The van der Waals surface area contributed by atoms with E-state index in [1.807, 2.05) is 16.7 Å². The van der Waals surface area contributed by atoms with Crippen molar-refractivity contribution in [3.05, 3.63) is 41.7 Å². The van der Waals surface area contributed by atoms with Gasteiger partial charge in [-0.1, -0.05) is 6.92 Å². The largest absolute Gasteiger partial charge is 0.416 e. The topological polar surface area (TPSA) is 99.6 Å². The number of hydrogen-bond donors (Lipinski definition) is 2. The highest BCUT2D eigenvalue weighted by atomic mass is 32.2. The molecule has 2 heterocycles. The first-order valence-corrected chi connectivity index (χ1v) is 11.8. The van der Waals surface area contributed by atoms with E-state index in [1.165, 1.54) is 23.1 Å². The third-order valence-electron chi connectivity index (χ3n) is 5.53. The Balaban J connectivity index is 1.81. The van der Waals surface area contributed by atoms with Crippen molar-refractivity contribution in [2.75, 3.05) is 29.8 Å². The first-order chi connectivity index (χ1) is 15.4. The lowest BCUT2D eigenvalue weighted by atomic mass is 10.1. The van der Waals surface area contributed by atoms with Crippen LogP contribution in [0.4, 0.5) is 29.3 Å². The normalized spacial score (nSPS) is 17.2. The second-order valence-corrected chi connectivity index (χ2v) is 9.61. The fourth-order valence-corrected chi connectivity index (χ4v) is 4.88. The molecule has 0 radical (unpaired) electrons. The molecule has 182 valence electrons. The number of carbonyl (C=O) groups excluding carboxylic acids is 1. The number of benzene rings is 1. The third-order valence-corrected chi connectivity index (χ3v) is 6.91. The third kappa shape index (κ3) is 6.16. The van der Waals surface area contributed by atoms with Crippen molar-refractivity contribution >= 4 is 27.6 Å². The zero-order valence-corrected chi connectivity index (χ0v) is 19.4. The number of hydrogen-bond acceptors (Lipinski definition) is 5. The minimum Gasteiger partial charge on any atom is -0.307 e. The van der Waals surface area contributed by atoms with E-state index in [2.05, 4.69) is 10.4 Å². The van der Waals surface area contributed by atoms with Crippen molar-refractivity contribution in [1.82, 2.24) is 19.4 Å². The number of nitrogens with zero attached hydrogens (tertiary/aromatic N) is 4. The molecule has 1 aromatic heterocycles. The number of urea groups is 1. The Labute approximate surface area is 190 Å². The van der Waals surface area contributed by atoms with Crippen LogP contribution >= 0.6 is 0 Å². The highest BCUT2D eigenvalue weighted by Gasteiger charge is 2.33. The molecule has 0 spiro atoms. The van der Waals surface area contributed by atoms with Gasteiger partial charge in [0.1, 0.15) is 0 Å². The predicted molar refractivity (Wildman–Crippen MR) is 118 cm³/mol. The lowest BCUT2D eigenvalue weighted by molar-refractivity contribution is -0.137. The van der Waals surface area contributed by atoms with Gasteiger partial charge in [0.15, 0.2) is 0 Å². The van der Waals surface area contributed by atoms with Crippen molar-refractivity contribution in [2.24, 2.45) is 7.05 Å². The molecule has 1 aromatic carbocycles. The van der Waals surface area contributed by atoms with Gasteiger partial charge in [-0.15, -0.1) is 0 Å². The van der Waals surface area contributed by atoms with Gasteiger partial charge in [-0.2, -0.15) is 26.7 Å². The molecule has 1 aliphatic heterocycles. The van der Waals surface area contributed by atoms with Crippen molar-refractivity contribution in [3.63, 3.8) is 0 Å².